The van der Waals surface area contributed by atoms with Gasteiger partial charge in [-0.15, -0.1) is 0 Å². The predicted octanol–water partition coefficient (Wildman–Crippen LogP) is 5.12. The van der Waals surface area contributed by atoms with E-state index in [-0.39, 0.29) is 18.6 Å². The Morgan fingerprint density at radius 2 is 1.89 bits per heavy atom. The number of hydrogen-bond acceptors (Lipinski definition) is 5. The Morgan fingerprint density at radius 3 is 2.60 bits per heavy atom. The average Bonchev–Trinajstić information content (AvgIpc) is 3.08. The molecule has 0 spiro atoms. The minimum atomic E-state index is -0.663. The molecule has 1 fully saturated rings. The lowest BCUT2D eigenvalue weighted by atomic mass is 9.84. The number of carbonyl (C=O) groups is 1. The molecule has 1 aromatic heterocycles. The lowest BCUT2D eigenvalue weighted by Gasteiger charge is -2.29. The molecule has 0 bridgehead atoms. The van der Waals surface area contributed by atoms with Gasteiger partial charge in [0.05, 0.1) is 41.3 Å². The van der Waals surface area contributed by atoms with Crippen molar-refractivity contribution in [2.45, 2.75) is 64.7 Å². The van der Waals surface area contributed by atoms with Gasteiger partial charge in [-0.2, -0.15) is 10.2 Å². The summed E-state index contributed by atoms with van der Waals surface area (Å²) in [6, 6.07) is 9.90. The van der Waals surface area contributed by atoms with Gasteiger partial charge in [0.25, 0.3) is 0 Å². The molecule has 1 amide bonds. The first-order valence-electron chi connectivity index (χ1n) is 12.2. The van der Waals surface area contributed by atoms with Crippen LogP contribution < -0.4 is 20.3 Å². The van der Waals surface area contributed by atoms with Gasteiger partial charge in [-0.1, -0.05) is 18.2 Å². The van der Waals surface area contributed by atoms with Crippen molar-refractivity contribution in [3.63, 3.8) is 0 Å². The molecular formula is C27H31FN4O3. The van der Waals surface area contributed by atoms with Crippen LogP contribution in [0.25, 0.3) is 11.8 Å². The summed E-state index contributed by atoms with van der Waals surface area (Å²) in [6.07, 6.45) is 6.15. The first-order valence-corrected chi connectivity index (χ1v) is 12.2. The van der Waals surface area contributed by atoms with Gasteiger partial charge in [0.1, 0.15) is 17.2 Å². The van der Waals surface area contributed by atoms with Crippen molar-refractivity contribution in [3.05, 3.63) is 58.5 Å². The van der Waals surface area contributed by atoms with E-state index < -0.39 is 17.5 Å². The molecule has 3 heterocycles. The predicted molar refractivity (Wildman–Crippen MR) is 132 cm³/mol. The maximum absolute atomic E-state index is 14.5. The summed E-state index contributed by atoms with van der Waals surface area (Å²) in [5.74, 6) is 0.709. The molecule has 1 N–H and O–H groups in total. The molecule has 1 aliphatic carbocycles. The quantitative estimate of drug-likeness (QED) is 0.665. The first-order chi connectivity index (χ1) is 16.8. The Balaban J connectivity index is 1.45. The number of halogens is 1. The van der Waals surface area contributed by atoms with Gasteiger partial charge in [-0.25, -0.2) is 9.18 Å². The first kappa shape index (κ1) is 23.3. The van der Waals surface area contributed by atoms with E-state index in [2.05, 4.69) is 15.2 Å². The number of rotatable bonds is 3. The van der Waals surface area contributed by atoms with Gasteiger partial charge in [0.15, 0.2) is 0 Å². The summed E-state index contributed by atoms with van der Waals surface area (Å²) >= 11 is 0. The molecule has 0 saturated heterocycles. The fraction of sp³-hybridized carbons (Fsp3) is 0.444. The highest BCUT2D eigenvalue weighted by Gasteiger charge is 2.32. The number of azo groups is 1. The Morgan fingerprint density at radius 1 is 1.14 bits per heavy atom. The molecule has 2 aliphatic heterocycles. The number of nitrogens with one attached hydrogen (secondary N) is 1. The van der Waals surface area contributed by atoms with E-state index in [1.165, 1.54) is 17.1 Å². The Labute approximate surface area is 204 Å². The van der Waals surface area contributed by atoms with Crippen molar-refractivity contribution in [1.29, 1.82) is 0 Å². The van der Waals surface area contributed by atoms with Crippen molar-refractivity contribution in [3.8, 4) is 5.75 Å². The molecule has 1 saturated carbocycles. The molecule has 1 aromatic carbocycles. The number of carbonyl (C=O) groups excluding carboxylic acids is 1. The van der Waals surface area contributed by atoms with E-state index >= 15 is 0 Å². The molecule has 3 aliphatic rings. The number of fused-ring (bicyclic) bond motifs is 3. The molecule has 2 aromatic rings. The van der Waals surface area contributed by atoms with Crippen molar-refractivity contribution in [2.75, 3.05) is 11.4 Å². The topological polar surface area (TPSA) is 79.3 Å². The lowest BCUT2D eigenvalue weighted by molar-refractivity contribution is 0.0584. The van der Waals surface area contributed by atoms with Crippen LogP contribution in [0.2, 0.25) is 0 Å². The van der Waals surface area contributed by atoms with Gasteiger partial charge >= 0.3 is 6.09 Å². The number of aromatic amines is 1. The number of nitrogens with zero attached hydrogens (tertiary/aromatic N) is 3. The summed E-state index contributed by atoms with van der Waals surface area (Å²) < 4.78 is 26.2. The van der Waals surface area contributed by atoms with E-state index in [0.717, 1.165) is 48.0 Å². The van der Waals surface area contributed by atoms with Crippen LogP contribution in [-0.2, 0) is 11.3 Å². The number of para-hydroxylation sites is 1. The maximum atomic E-state index is 14.5. The van der Waals surface area contributed by atoms with E-state index in [1.54, 1.807) is 0 Å². The second kappa shape index (κ2) is 9.32. The third-order valence-electron chi connectivity index (χ3n) is 6.51. The zero-order chi connectivity index (χ0) is 24.6. The lowest BCUT2D eigenvalue weighted by Crippen LogP contribution is -2.39. The normalized spacial score (nSPS) is 21.9. The van der Waals surface area contributed by atoms with Crippen LogP contribution in [0.15, 0.2) is 52.5 Å². The molecule has 0 atom stereocenters. The zero-order valence-electron chi connectivity index (χ0n) is 20.4. The summed E-state index contributed by atoms with van der Waals surface area (Å²) in [5, 5.41) is 10.3. The number of H-pyrrole nitrogens is 1. The largest absolute Gasteiger partial charge is 0.490 e. The van der Waals surface area contributed by atoms with Crippen LogP contribution in [0.1, 0.15) is 52.0 Å². The van der Waals surface area contributed by atoms with E-state index in [9.17, 15) is 9.18 Å². The third-order valence-corrected chi connectivity index (χ3v) is 6.51. The van der Waals surface area contributed by atoms with Crippen LogP contribution >= 0.6 is 0 Å². The van der Waals surface area contributed by atoms with Gasteiger partial charge < -0.3 is 14.5 Å². The molecule has 184 valence electrons. The smallest absolute Gasteiger partial charge is 0.415 e. The van der Waals surface area contributed by atoms with Crippen molar-refractivity contribution >= 4 is 23.6 Å². The van der Waals surface area contributed by atoms with Gasteiger partial charge in [0, 0.05) is 11.5 Å². The summed E-state index contributed by atoms with van der Waals surface area (Å²) in [6.45, 7) is 5.86. The fourth-order valence-electron chi connectivity index (χ4n) is 4.95. The highest BCUT2D eigenvalue weighted by molar-refractivity contribution is 5.90. The number of ether oxygens (including phenoxy) is 2. The second-order valence-corrected chi connectivity index (χ2v) is 10.3. The summed E-state index contributed by atoms with van der Waals surface area (Å²) in [7, 11) is 0. The number of allylic oxidation sites excluding steroid dienone is 1. The van der Waals surface area contributed by atoms with E-state index in [0.29, 0.717) is 17.6 Å². The van der Waals surface area contributed by atoms with E-state index in [1.807, 2.05) is 51.1 Å². The molecular weight excluding hydrogens is 447 g/mol. The molecule has 0 radical (unpaired) electrons. The Kier molecular flexibility index (Phi) is 6.21. The minimum Gasteiger partial charge on any atom is -0.490 e. The van der Waals surface area contributed by atoms with Gasteiger partial charge in [-0.05, 0) is 70.7 Å². The second-order valence-electron chi connectivity index (χ2n) is 10.3. The van der Waals surface area contributed by atoms with Crippen molar-refractivity contribution in [1.82, 2.24) is 4.98 Å². The maximum Gasteiger partial charge on any atom is 0.415 e. The average molecular weight is 479 g/mol. The van der Waals surface area contributed by atoms with Crippen molar-refractivity contribution < 1.29 is 18.7 Å². The molecule has 35 heavy (non-hydrogen) atoms. The zero-order valence-corrected chi connectivity index (χ0v) is 20.4. The highest BCUT2D eigenvalue weighted by atomic mass is 19.1. The van der Waals surface area contributed by atoms with Gasteiger partial charge in [0.2, 0.25) is 0 Å². The van der Waals surface area contributed by atoms with Crippen LogP contribution in [0.5, 0.6) is 5.75 Å². The Bertz CT molecular complexity index is 1280. The monoisotopic (exact) mass is 478 g/mol. The SMILES string of the molecule is CC(C)(C)OC(=O)N1CC=C(F)C=c2[nH]c3c(c21)CN=NC=3C1CCC(Oc2ccccc2)CC1. The molecule has 7 nitrogen and oxygen atoms in total. The number of aromatic nitrogens is 1. The van der Waals surface area contributed by atoms with Crippen molar-refractivity contribution in [2.24, 2.45) is 16.1 Å². The molecule has 0 unspecified atom stereocenters. The van der Waals surface area contributed by atoms with Crippen LogP contribution in [0.4, 0.5) is 14.9 Å². The highest BCUT2D eigenvalue weighted by Crippen LogP contribution is 2.35. The summed E-state index contributed by atoms with van der Waals surface area (Å²) in [4.78, 5) is 17.9. The standard InChI is InChI=1S/C27H31FN4O3/c1-27(2,3)35-26(33)32-14-13-18(28)15-22-25(32)21-16-29-31-23(24(21)30-22)17-9-11-20(12-10-17)34-19-7-5-4-6-8-19/h4-8,13,15,17,20,30H,9-12,14,16H2,1-3H3. The number of amides is 1. The third kappa shape index (κ3) is 5.01. The van der Waals surface area contributed by atoms with Gasteiger partial charge in [-0.3, -0.25) is 4.90 Å². The molecule has 5 rings (SSSR count). The molecule has 8 heteroatoms. The number of anilines is 1. The number of benzene rings is 1. The number of hydrogen-bond donors (Lipinski definition) is 1. The van der Waals surface area contributed by atoms with Crippen LogP contribution in [0.3, 0.4) is 0 Å². The van der Waals surface area contributed by atoms with E-state index in [4.69, 9.17) is 9.47 Å². The van der Waals surface area contributed by atoms with Crippen LogP contribution in [0, 0.1) is 5.92 Å². The minimum absolute atomic E-state index is 0.0863. The fourth-order valence-corrected chi connectivity index (χ4v) is 4.95. The Hall–Kier alpha value is -3.42. The summed E-state index contributed by atoms with van der Waals surface area (Å²) in [5.41, 5.74) is 1.69. The van der Waals surface area contributed by atoms with Crippen LogP contribution in [-0.4, -0.2) is 29.3 Å².